The van der Waals surface area contributed by atoms with Crippen LogP contribution in [0, 0.1) is 5.92 Å². The van der Waals surface area contributed by atoms with Gasteiger partial charge in [-0.05, 0) is 12.8 Å². The SMILES string of the molecule is C1CCC([C@H]2CCC[NH2+]2)C1. The van der Waals surface area contributed by atoms with Gasteiger partial charge in [-0.1, -0.05) is 12.8 Å². The lowest BCUT2D eigenvalue weighted by molar-refractivity contribution is -0.676. The molecule has 1 saturated carbocycles. The summed E-state index contributed by atoms with van der Waals surface area (Å²) in [5.74, 6) is 1.10. The molecular weight excluding hydrogens is 122 g/mol. The Morgan fingerprint density at radius 1 is 0.900 bits per heavy atom. The first-order chi connectivity index (χ1) is 4.97. The van der Waals surface area contributed by atoms with Gasteiger partial charge in [0.1, 0.15) is 0 Å². The Kier molecular flexibility index (Phi) is 1.94. The van der Waals surface area contributed by atoms with Crippen molar-refractivity contribution in [1.29, 1.82) is 0 Å². The average Bonchev–Trinajstić information content (AvgIpc) is 2.59. The molecule has 2 N–H and O–H groups in total. The topological polar surface area (TPSA) is 16.6 Å². The molecule has 58 valence electrons. The second-order valence-electron chi connectivity index (χ2n) is 3.87. The van der Waals surface area contributed by atoms with Crippen LogP contribution >= 0.6 is 0 Å². The lowest BCUT2D eigenvalue weighted by Crippen LogP contribution is -2.87. The molecule has 10 heavy (non-hydrogen) atoms. The summed E-state index contributed by atoms with van der Waals surface area (Å²) in [7, 11) is 0. The van der Waals surface area contributed by atoms with Crippen LogP contribution < -0.4 is 5.32 Å². The van der Waals surface area contributed by atoms with E-state index in [1.165, 1.54) is 45.1 Å². The number of nitrogens with two attached hydrogens (primary N) is 1. The van der Waals surface area contributed by atoms with Gasteiger partial charge in [0.15, 0.2) is 0 Å². The third kappa shape index (κ3) is 1.20. The molecule has 0 aromatic heterocycles. The summed E-state index contributed by atoms with van der Waals surface area (Å²) in [6.45, 7) is 1.40. The van der Waals surface area contributed by atoms with Crippen LogP contribution in [0.3, 0.4) is 0 Å². The molecule has 1 nitrogen and oxygen atoms in total. The van der Waals surface area contributed by atoms with Crippen molar-refractivity contribution in [1.82, 2.24) is 0 Å². The van der Waals surface area contributed by atoms with Crippen LogP contribution in [-0.2, 0) is 0 Å². The second-order valence-corrected chi connectivity index (χ2v) is 3.87. The summed E-state index contributed by atoms with van der Waals surface area (Å²) in [5.41, 5.74) is 0. The van der Waals surface area contributed by atoms with Gasteiger partial charge in [0, 0.05) is 18.8 Å². The zero-order valence-corrected chi connectivity index (χ0v) is 6.68. The third-order valence-electron chi connectivity index (χ3n) is 3.22. The molecule has 1 heteroatoms. The van der Waals surface area contributed by atoms with Crippen LogP contribution in [0.15, 0.2) is 0 Å². The maximum Gasteiger partial charge on any atom is 0.0889 e. The minimum Gasteiger partial charge on any atom is -0.344 e. The Hall–Kier alpha value is -0.0400. The normalized spacial score (nSPS) is 35.4. The Balaban J connectivity index is 1.85. The molecule has 0 amide bonds. The maximum atomic E-state index is 2.58. The van der Waals surface area contributed by atoms with Crippen molar-refractivity contribution in [3.05, 3.63) is 0 Å². The molecular formula is C9H18N+. The minimum absolute atomic E-state index is 1.03. The van der Waals surface area contributed by atoms with E-state index in [9.17, 15) is 0 Å². The van der Waals surface area contributed by atoms with Crippen LogP contribution in [-0.4, -0.2) is 12.6 Å². The Bertz CT molecular complexity index is 85.3. The molecule has 2 fully saturated rings. The van der Waals surface area contributed by atoms with Crippen LogP contribution in [0.1, 0.15) is 38.5 Å². The predicted molar refractivity (Wildman–Crippen MR) is 41.8 cm³/mol. The van der Waals surface area contributed by atoms with Gasteiger partial charge in [0.2, 0.25) is 0 Å². The van der Waals surface area contributed by atoms with Crippen molar-refractivity contribution in [3.8, 4) is 0 Å². The highest BCUT2D eigenvalue weighted by molar-refractivity contribution is 4.75. The fourth-order valence-corrected chi connectivity index (χ4v) is 2.62. The van der Waals surface area contributed by atoms with E-state index in [0.717, 1.165) is 12.0 Å². The Morgan fingerprint density at radius 2 is 1.70 bits per heavy atom. The standard InChI is InChI=1S/C9H17N/c1-2-5-8(4-1)9-6-3-7-10-9/h8-10H,1-7H2/p+1/t9-/m1/s1. The van der Waals surface area contributed by atoms with Gasteiger partial charge >= 0.3 is 0 Å². The summed E-state index contributed by atoms with van der Waals surface area (Å²) in [6, 6.07) is 1.03. The van der Waals surface area contributed by atoms with Crippen LogP contribution in [0.25, 0.3) is 0 Å². The molecule has 1 aliphatic carbocycles. The van der Waals surface area contributed by atoms with Gasteiger partial charge in [-0.2, -0.15) is 0 Å². The van der Waals surface area contributed by atoms with E-state index in [-0.39, 0.29) is 0 Å². The molecule has 1 heterocycles. The average molecular weight is 140 g/mol. The highest BCUT2D eigenvalue weighted by Gasteiger charge is 2.29. The summed E-state index contributed by atoms with van der Waals surface area (Å²) in [5, 5.41) is 2.58. The minimum atomic E-state index is 1.03. The molecule has 0 unspecified atom stereocenters. The van der Waals surface area contributed by atoms with Crippen molar-refractivity contribution < 1.29 is 5.32 Å². The van der Waals surface area contributed by atoms with Gasteiger partial charge in [0.05, 0.1) is 12.6 Å². The molecule has 0 spiro atoms. The fraction of sp³-hybridized carbons (Fsp3) is 1.00. The van der Waals surface area contributed by atoms with E-state index in [2.05, 4.69) is 5.32 Å². The van der Waals surface area contributed by atoms with Gasteiger partial charge in [0.25, 0.3) is 0 Å². The van der Waals surface area contributed by atoms with Crippen molar-refractivity contribution in [3.63, 3.8) is 0 Å². The first-order valence-electron chi connectivity index (χ1n) is 4.80. The molecule has 0 aromatic rings. The number of hydrogen-bond donors (Lipinski definition) is 1. The van der Waals surface area contributed by atoms with Gasteiger partial charge in [-0.3, -0.25) is 0 Å². The van der Waals surface area contributed by atoms with E-state index >= 15 is 0 Å². The van der Waals surface area contributed by atoms with Crippen molar-refractivity contribution in [2.75, 3.05) is 6.54 Å². The zero-order valence-electron chi connectivity index (χ0n) is 6.68. The van der Waals surface area contributed by atoms with Crippen molar-refractivity contribution >= 4 is 0 Å². The molecule has 1 aliphatic heterocycles. The summed E-state index contributed by atoms with van der Waals surface area (Å²) in [4.78, 5) is 0. The first-order valence-corrected chi connectivity index (χ1v) is 4.80. The lowest BCUT2D eigenvalue weighted by Gasteiger charge is -2.13. The van der Waals surface area contributed by atoms with Gasteiger partial charge < -0.3 is 5.32 Å². The van der Waals surface area contributed by atoms with E-state index in [1.54, 1.807) is 0 Å². The third-order valence-corrected chi connectivity index (χ3v) is 3.22. The smallest absolute Gasteiger partial charge is 0.0889 e. The van der Waals surface area contributed by atoms with E-state index in [4.69, 9.17) is 0 Å². The first kappa shape index (κ1) is 6.66. The summed E-state index contributed by atoms with van der Waals surface area (Å²) < 4.78 is 0. The molecule has 1 atom stereocenters. The number of quaternary nitrogens is 1. The zero-order chi connectivity index (χ0) is 6.81. The molecule has 2 aliphatic rings. The van der Waals surface area contributed by atoms with E-state index in [0.29, 0.717) is 0 Å². The quantitative estimate of drug-likeness (QED) is 0.557. The fourth-order valence-electron chi connectivity index (χ4n) is 2.62. The number of rotatable bonds is 1. The van der Waals surface area contributed by atoms with Crippen LogP contribution in [0.5, 0.6) is 0 Å². The molecule has 0 radical (unpaired) electrons. The highest BCUT2D eigenvalue weighted by Crippen LogP contribution is 2.28. The Morgan fingerprint density at radius 3 is 2.30 bits per heavy atom. The number of hydrogen-bond acceptors (Lipinski definition) is 0. The summed E-state index contributed by atoms with van der Waals surface area (Å²) >= 11 is 0. The highest BCUT2D eigenvalue weighted by atomic mass is 14.9. The predicted octanol–water partition coefficient (Wildman–Crippen LogP) is 0.902. The van der Waals surface area contributed by atoms with E-state index in [1.807, 2.05) is 0 Å². The monoisotopic (exact) mass is 140 g/mol. The van der Waals surface area contributed by atoms with Crippen LogP contribution in [0.2, 0.25) is 0 Å². The van der Waals surface area contributed by atoms with Crippen molar-refractivity contribution in [2.24, 2.45) is 5.92 Å². The van der Waals surface area contributed by atoms with Gasteiger partial charge in [-0.15, -0.1) is 0 Å². The van der Waals surface area contributed by atoms with Crippen molar-refractivity contribution in [2.45, 2.75) is 44.6 Å². The molecule has 1 saturated heterocycles. The van der Waals surface area contributed by atoms with Crippen LogP contribution in [0.4, 0.5) is 0 Å². The molecule has 2 rings (SSSR count). The molecule has 0 aromatic carbocycles. The molecule has 0 bridgehead atoms. The maximum absolute atomic E-state index is 2.58. The van der Waals surface area contributed by atoms with E-state index < -0.39 is 0 Å². The largest absolute Gasteiger partial charge is 0.344 e. The summed E-state index contributed by atoms with van der Waals surface area (Å²) in [6.07, 6.45) is 9.05. The Labute approximate surface area is 63.2 Å². The lowest BCUT2D eigenvalue weighted by atomic mass is 9.97. The van der Waals surface area contributed by atoms with Gasteiger partial charge in [-0.25, -0.2) is 0 Å². The second kappa shape index (κ2) is 2.91.